The highest BCUT2D eigenvalue weighted by atomic mass is 16.6. The van der Waals surface area contributed by atoms with Gasteiger partial charge in [-0.3, -0.25) is 0 Å². The number of hydrogen-bond acceptors (Lipinski definition) is 3. The van der Waals surface area contributed by atoms with Gasteiger partial charge in [-0.05, 0) is 46.5 Å². The molecule has 0 radical (unpaired) electrons. The first-order chi connectivity index (χ1) is 8.31. The fourth-order valence-corrected chi connectivity index (χ4v) is 2.03. The SMILES string of the molecule is CC(=CC1CCN(C(=O)OC(C)(C)C)CC1)CO. The van der Waals surface area contributed by atoms with Gasteiger partial charge in [0.15, 0.2) is 0 Å². The molecular weight excluding hydrogens is 230 g/mol. The highest BCUT2D eigenvalue weighted by Crippen LogP contribution is 2.21. The van der Waals surface area contributed by atoms with E-state index < -0.39 is 5.60 Å². The van der Waals surface area contributed by atoms with Crippen molar-refractivity contribution in [2.75, 3.05) is 19.7 Å². The number of likely N-dealkylation sites (tertiary alicyclic amines) is 1. The Labute approximate surface area is 110 Å². The third kappa shape index (κ3) is 5.08. The number of carbonyl (C=O) groups is 1. The quantitative estimate of drug-likeness (QED) is 0.771. The summed E-state index contributed by atoms with van der Waals surface area (Å²) in [6.07, 6.45) is 3.78. The fourth-order valence-electron chi connectivity index (χ4n) is 2.03. The molecule has 4 heteroatoms. The Morgan fingerprint density at radius 2 is 1.94 bits per heavy atom. The average Bonchev–Trinajstić information content (AvgIpc) is 2.27. The minimum absolute atomic E-state index is 0.117. The Balaban J connectivity index is 2.42. The van der Waals surface area contributed by atoms with E-state index in [4.69, 9.17) is 9.84 Å². The minimum Gasteiger partial charge on any atom is -0.444 e. The first kappa shape index (κ1) is 15.0. The lowest BCUT2D eigenvalue weighted by Crippen LogP contribution is -2.41. The Morgan fingerprint density at radius 1 is 1.39 bits per heavy atom. The number of allylic oxidation sites excluding steroid dienone is 1. The van der Waals surface area contributed by atoms with Crippen LogP contribution < -0.4 is 0 Å². The van der Waals surface area contributed by atoms with Crippen LogP contribution in [0.3, 0.4) is 0 Å². The van der Waals surface area contributed by atoms with Gasteiger partial charge in [0.25, 0.3) is 0 Å². The van der Waals surface area contributed by atoms with Crippen LogP contribution in [0.25, 0.3) is 0 Å². The van der Waals surface area contributed by atoms with Crippen molar-refractivity contribution < 1.29 is 14.6 Å². The van der Waals surface area contributed by atoms with Gasteiger partial charge in [-0.15, -0.1) is 0 Å². The van der Waals surface area contributed by atoms with Crippen molar-refractivity contribution in [2.45, 2.75) is 46.1 Å². The van der Waals surface area contributed by atoms with Crippen molar-refractivity contribution in [1.29, 1.82) is 0 Å². The molecule has 0 aromatic carbocycles. The van der Waals surface area contributed by atoms with E-state index in [0.29, 0.717) is 5.92 Å². The standard InChI is InChI=1S/C14H25NO3/c1-11(10-16)9-12-5-7-15(8-6-12)13(17)18-14(2,3)4/h9,12,16H,5-8,10H2,1-4H3. The first-order valence-corrected chi connectivity index (χ1v) is 6.58. The normalized spacial score (nSPS) is 18.9. The Morgan fingerprint density at radius 3 is 2.39 bits per heavy atom. The summed E-state index contributed by atoms with van der Waals surface area (Å²) >= 11 is 0. The molecule has 0 saturated carbocycles. The number of aliphatic hydroxyl groups excluding tert-OH is 1. The molecule has 1 aliphatic heterocycles. The highest BCUT2D eigenvalue weighted by molar-refractivity contribution is 5.68. The second kappa shape index (κ2) is 6.23. The van der Waals surface area contributed by atoms with E-state index in [9.17, 15) is 4.79 Å². The summed E-state index contributed by atoms with van der Waals surface area (Å²) in [5.41, 5.74) is 0.576. The molecule has 0 unspecified atom stereocenters. The zero-order chi connectivity index (χ0) is 13.8. The van der Waals surface area contributed by atoms with E-state index in [-0.39, 0.29) is 12.7 Å². The molecule has 0 spiro atoms. The molecule has 0 atom stereocenters. The van der Waals surface area contributed by atoms with Crippen molar-refractivity contribution in [2.24, 2.45) is 5.92 Å². The summed E-state index contributed by atoms with van der Waals surface area (Å²) in [5.74, 6) is 0.468. The molecule has 1 rings (SSSR count). The summed E-state index contributed by atoms with van der Waals surface area (Å²) in [6.45, 7) is 9.15. The lowest BCUT2D eigenvalue weighted by molar-refractivity contribution is 0.0197. The van der Waals surface area contributed by atoms with Gasteiger partial charge >= 0.3 is 6.09 Å². The third-order valence-corrected chi connectivity index (χ3v) is 2.96. The van der Waals surface area contributed by atoms with Gasteiger partial charge in [-0.25, -0.2) is 4.79 Å². The van der Waals surface area contributed by atoms with Crippen LogP contribution in [0.5, 0.6) is 0 Å². The predicted octanol–water partition coefficient (Wildman–Crippen LogP) is 2.57. The van der Waals surface area contributed by atoms with Gasteiger partial charge in [0.05, 0.1) is 6.61 Å². The monoisotopic (exact) mass is 255 g/mol. The average molecular weight is 255 g/mol. The molecule has 1 N–H and O–H groups in total. The van der Waals surface area contributed by atoms with Crippen LogP contribution in [0.4, 0.5) is 4.79 Å². The Kier molecular flexibility index (Phi) is 5.20. The van der Waals surface area contributed by atoms with E-state index >= 15 is 0 Å². The first-order valence-electron chi connectivity index (χ1n) is 6.58. The second-order valence-electron chi connectivity index (χ2n) is 5.98. The summed E-state index contributed by atoms with van der Waals surface area (Å²) in [7, 11) is 0. The summed E-state index contributed by atoms with van der Waals surface area (Å²) in [4.78, 5) is 13.6. The van der Waals surface area contributed by atoms with Gasteiger partial charge in [-0.1, -0.05) is 11.6 Å². The molecule has 1 heterocycles. The number of aliphatic hydroxyl groups is 1. The molecule has 0 aromatic heterocycles. The molecule has 18 heavy (non-hydrogen) atoms. The van der Waals surface area contributed by atoms with E-state index in [1.807, 2.05) is 27.7 Å². The van der Waals surface area contributed by atoms with Gasteiger partial charge in [-0.2, -0.15) is 0 Å². The molecule has 1 fully saturated rings. The number of carbonyl (C=O) groups excluding carboxylic acids is 1. The molecule has 0 bridgehead atoms. The van der Waals surface area contributed by atoms with Crippen molar-refractivity contribution in [1.82, 2.24) is 4.90 Å². The van der Waals surface area contributed by atoms with Gasteiger partial charge < -0.3 is 14.7 Å². The molecule has 1 aliphatic rings. The molecule has 4 nitrogen and oxygen atoms in total. The minimum atomic E-state index is -0.429. The van der Waals surface area contributed by atoms with Crippen molar-refractivity contribution in [3.05, 3.63) is 11.6 Å². The topological polar surface area (TPSA) is 49.8 Å². The van der Waals surface area contributed by atoms with Crippen molar-refractivity contribution in [3.8, 4) is 0 Å². The Hall–Kier alpha value is -1.03. The van der Waals surface area contributed by atoms with Crippen LogP contribution in [0.15, 0.2) is 11.6 Å². The molecule has 0 aromatic rings. The molecule has 104 valence electrons. The zero-order valence-corrected chi connectivity index (χ0v) is 11.9. The van der Waals surface area contributed by atoms with Crippen molar-refractivity contribution >= 4 is 6.09 Å². The van der Waals surface area contributed by atoms with Crippen LogP contribution in [-0.2, 0) is 4.74 Å². The molecular formula is C14H25NO3. The summed E-state index contributed by atoms with van der Waals surface area (Å²) < 4.78 is 5.35. The lowest BCUT2D eigenvalue weighted by Gasteiger charge is -2.32. The number of nitrogens with zero attached hydrogens (tertiary/aromatic N) is 1. The maximum atomic E-state index is 11.8. The predicted molar refractivity (Wildman–Crippen MR) is 71.4 cm³/mol. The number of amides is 1. The highest BCUT2D eigenvalue weighted by Gasteiger charge is 2.25. The van der Waals surface area contributed by atoms with Crippen molar-refractivity contribution in [3.63, 3.8) is 0 Å². The van der Waals surface area contributed by atoms with E-state index in [0.717, 1.165) is 31.5 Å². The lowest BCUT2D eigenvalue weighted by atomic mass is 9.95. The van der Waals surface area contributed by atoms with Gasteiger partial charge in [0.1, 0.15) is 5.60 Å². The summed E-state index contributed by atoms with van der Waals surface area (Å²) in [6, 6.07) is 0. The van der Waals surface area contributed by atoms with Crippen LogP contribution in [0, 0.1) is 5.92 Å². The van der Waals surface area contributed by atoms with E-state index in [2.05, 4.69) is 6.08 Å². The van der Waals surface area contributed by atoms with Crippen LogP contribution in [0.1, 0.15) is 40.5 Å². The van der Waals surface area contributed by atoms with Crippen LogP contribution in [0.2, 0.25) is 0 Å². The van der Waals surface area contributed by atoms with E-state index in [1.165, 1.54) is 0 Å². The largest absolute Gasteiger partial charge is 0.444 e. The molecule has 0 aliphatic carbocycles. The second-order valence-corrected chi connectivity index (χ2v) is 5.98. The van der Waals surface area contributed by atoms with Gasteiger partial charge in [0.2, 0.25) is 0 Å². The smallest absolute Gasteiger partial charge is 0.410 e. The molecule has 1 saturated heterocycles. The van der Waals surface area contributed by atoms with Crippen LogP contribution >= 0.6 is 0 Å². The van der Waals surface area contributed by atoms with Gasteiger partial charge in [0, 0.05) is 13.1 Å². The van der Waals surface area contributed by atoms with E-state index in [1.54, 1.807) is 4.90 Å². The number of ether oxygens (including phenoxy) is 1. The molecule has 1 amide bonds. The third-order valence-electron chi connectivity index (χ3n) is 2.96. The fraction of sp³-hybridized carbons (Fsp3) is 0.786. The number of hydrogen-bond donors (Lipinski definition) is 1. The number of piperidine rings is 1. The maximum Gasteiger partial charge on any atom is 0.410 e. The summed E-state index contributed by atoms with van der Waals surface area (Å²) in [5, 5.41) is 8.98. The Bertz CT molecular complexity index is 309. The maximum absolute atomic E-state index is 11.8. The zero-order valence-electron chi connectivity index (χ0n) is 11.9. The number of rotatable bonds is 2. The van der Waals surface area contributed by atoms with Crippen LogP contribution in [-0.4, -0.2) is 41.4 Å².